The zero-order chi connectivity index (χ0) is 20.9. The van der Waals surface area contributed by atoms with Crippen LogP contribution in [0.2, 0.25) is 0 Å². The monoisotopic (exact) mass is 380 g/mol. The molecule has 0 fully saturated rings. The van der Waals surface area contributed by atoms with Crippen molar-refractivity contribution in [1.82, 2.24) is 0 Å². The average molecular weight is 381 g/mol. The second-order valence-corrected chi connectivity index (χ2v) is 9.06. The van der Waals surface area contributed by atoms with Gasteiger partial charge in [0.1, 0.15) is 11.5 Å². The summed E-state index contributed by atoms with van der Waals surface area (Å²) in [7, 11) is 0. The van der Waals surface area contributed by atoms with Crippen LogP contribution in [0.25, 0.3) is 0 Å². The van der Waals surface area contributed by atoms with E-state index in [0.29, 0.717) is 24.2 Å². The summed E-state index contributed by atoms with van der Waals surface area (Å²) in [6, 6.07) is 11.5. The van der Waals surface area contributed by atoms with Gasteiger partial charge in [0.2, 0.25) is 0 Å². The fraction of sp³-hybridized carbons (Fsp3) is 0.417. The van der Waals surface area contributed by atoms with Crippen molar-refractivity contribution < 1.29 is 10.2 Å². The van der Waals surface area contributed by atoms with Gasteiger partial charge in [-0.05, 0) is 34.1 Å². The van der Waals surface area contributed by atoms with E-state index in [1.165, 1.54) is 0 Å². The minimum Gasteiger partial charge on any atom is -0.507 e. The van der Waals surface area contributed by atoms with Crippen molar-refractivity contribution in [3.05, 3.63) is 58.7 Å². The van der Waals surface area contributed by atoms with E-state index in [4.69, 9.17) is 0 Å². The quantitative estimate of drug-likeness (QED) is 0.551. The van der Waals surface area contributed by atoms with Gasteiger partial charge >= 0.3 is 0 Å². The first-order valence-corrected chi connectivity index (χ1v) is 9.66. The maximum Gasteiger partial charge on any atom is 0.128 e. The molecule has 150 valence electrons. The topological polar surface area (TPSA) is 65.2 Å². The number of aliphatic imine (C=N–C) groups is 2. The summed E-state index contributed by atoms with van der Waals surface area (Å²) < 4.78 is 0. The molecule has 0 radical (unpaired) electrons. The van der Waals surface area contributed by atoms with Crippen molar-refractivity contribution in [2.45, 2.75) is 52.4 Å². The number of hydrogen-bond acceptors (Lipinski definition) is 4. The predicted octanol–water partition coefficient (Wildman–Crippen LogP) is 5.23. The van der Waals surface area contributed by atoms with Crippen molar-refractivity contribution in [2.75, 3.05) is 13.1 Å². The van der Waals surface area contributed by atoms with Crippen LogP contribution < -0.4 is 0 Å². The van der Waals surface area contributed by atoms with Gasteiger partial charge in [0.15, 0.2) is 0 Å². The Balaban J connectivity index is 2.01. The second kappa shape index (κ2) is 8.59. The zero-order valence-electron chi connectivity index (χ0n) is 17.8. The van der Waals surface area contributed by atoms with Gasteiger partial charge in [-0.25, -0.2) is 0 Å². The molecular formula is C24H32N2O2. The Morgan fingerprint density at radius 1 is 0.679 bits per heavy atom. The molecule has 0 aliphatic heterocycles. The summed E-state index contributed by atoms with van der Waals surface area (Å²) in [5.74, 6) is 0.567. The minimum absolute atomic E-state index is 0.123. The number of para-hydroxylation sites is 2. The fourth-order valence-corrected chi connectivity index (χ4v) is 2.98. The lowest BCUT2D eigenvalue weighted by molar-refractivity contribution is 0.445. The largest absolute Gasteiger partial charge is 0.507 e. The van der Waals surface area contributed by atoms with Crippen molar-refractivity contribution in [1.29, 1.82) is 0 Å². The maximum atomic E-state index is 10.4. The zero-order valence-corrected chi connectivity index (χ0v) is 17.8. The van der Waals surface area contributed by atoms with E-state index in [0.717, 1.165) is 11.1 Å². The Labute approximate surface area is 168 Å². The lowest BCUT2D eigenvalue weighted by Crippen LogP contribution is -2.12. The average Bonchev–Trinajstić information content (AvgIpc) is 2.58. The number of benzene rings is 2. The van der Waals surface area contributed by atoms with Crippen LogP contribution in [0.5, 0.6) is 11.5 Å². The van der Waals surface area contributed by atoms with E-state index in [9.17, 15) is 10.2 Å². The van der Waals surface area contributed by atoms with E-state index in [-0.39, 0.29) is 22.3 Å². The molecule has 4 nitrogen and oxygen atoms in total. The second-order valence-electron chi connectivity index (χ2n) is 9.06. The number of nitrogens with zero attached hydrogens (tertiary/aromatic N) is 2. The molecule has 0 bridgehead atoms. The number of phenols is 2. The Morgan fingerprint density at radius 2 is 1.04 bits per heavy atom. The van der Waals surface area contributed by atoms with Gasteiger partial charge in [0.25, 0.3) is 0 Å². The molecule has 0 atom stereocenters. The van der Waals surface area contributed by atoms with E-state index in [1.54, 1.807) is 12.4 Å². The highest BCUT2D eigenvalue weighted by atomic mass is 16.3. The maximum absolute atomic E-state index is 10.4. The number of phenolic OH excluding ortho intramolecular Hbond substituents is 2. The van der Waals surface area contributed by atoms with Crippen molar-refractivity contribution in [3.8, 4) is 11.5 Å². The summed E-state index contributed by atoms with van der Waals surface area (Å²) in [5.41, 5.74) is 3.00. The molecule has 0 saturated carbocycles. The molecule has 0 spiro atoms. The molecule has 0 unspecified atom stereocenters. The first-order valence-electron chi connectivity index (χ1n) is 9.66. The van der Waals surface area contributed by atoms with Crippen LogP contribution in [-0.4, -0.2) is 35.7 Å². The summed E-state index contributed by atoms with van der Waals surface area (Å²) in [5, 5.41) is 20.9. The van der Waals surface area contributed by atoms with Gasteiger partial charge < -0.3 is 10.2 Å². The summed E-state index contributed by atoms with van der Waals surface area (Å²) in [6.07, 6.45) is 3.38. The molecule has 2 N–H and O–H groups in total. The molecular weight excluding hydrogens is 348 g/mol. The molecule has 0 heterocycles. The SMILES string of the molecule is CC(C)(C)c1cccc(C=NCCN=Cc2cccc(C(C)(C)C)c2O)c1O. The van der Waals surface area contributed by atoms with Gasteiger partial charge in [-0.1, -0.05) is 65.8 Å². The lowest BCUT2D eigenvalue weighted by atomic mass is 9.85. The third kappa shape index (κ3) is 5.44. The molecule has 4 heteroatoms. The first-order chi connectivity index (χ1) is 13.0. The predicted molar refractivity (Wildman–Crippen MR) is 119 cm³/mol. The van der Waals surface area contributed by atoms with Crippen molar-refractivity contribution >= 4 is 12.4 Å². The third-order valence-corrected chi connectivity index (χ3v) is 4.57. The molecule has 0 amide bonds. The van der Waals surface area contributed by atoms with Gasteiger partial charge in [-0.15, -0.1) is 0 Å². The Bertz CT molecular complexity index is 796. The highest BCUT2D eigenvalue weighted by molar-refractivity contribution is 5.85. The third-order valence-electron chi connectivity index (χ3n) is 4.57. The van der Waals surface area contributed by atoms with Crippen molar-refractivity contribution in [2.24, 2.45) is 9.98 Å². The molecule has 2 aromatic rings. The van der Waals surface area contributed by atoms with Crippen LogP contribution in [0.3, 0.4) is 0 Å². The number of aromatic hydroxyl groups is 2. The van der Waals surface area contributed by atoms with E-state index >= 15 is 0 Å². The Hall–Kier alpha value is -2.62. The van der Waals surface area contributed by atoms with E-state index < -0.39 is 0 Å². The molecule has 2 aromatic carbocycles. The minimum atomic E-state index is -0.123. The fourth-order valence-electron chi connectivity index (χ4n) is 2.98. The van der Waals surface area contributed by atoms with E-state index in [1.807, 2.05) is 36.4 Å². The van der Waals surface area contributed by atoms with Crippen LogP contribution in [-0.2, 0) is 10.8 Å². The highest BCUT2D eigenvalue weighted by Gasteiger charge is 2.19. The van der Waals surface area contributed by atoms with Gasteiger partial charge in [0, 0.05) is 23.6 Å². The molecule has 0 aromatic heterocycles. The van der Waals surface area contributed by atoms with Crippen LogP contribution in [0, 0.1) is 0 Å². The van der Waals surface area contributed by atoms with Crippen LogP contribution in [0.15, 0.2) is 46.4 Å². The summed E-state index contributed by atoms with van der Waals surface area (Å²) >= 11 is 0. The molecule has 2 rings (SSSR count). The van der Waals surface area contributed by atoms with Gasteiger partial charge in [-0.3, -0.25) is 9.98 Å². The highest BCUT2D eigenvalue weighted by Crippen LogP contribution is 2.33. The number of hydrogen-bond donors (Lipinski definition) is 2. The standard InChI is InChI=1S/C24H32N2O2/c1-23(2,3)19-11-7-9-17(21(19)27)15-25-13-14-26-16-18-10-8-12-20(22(18)28)24(4,5)6/h7-12,15-16,27-28H,13-14H2,1-6H3. The normalized spacial score (nSPS) is 12.9. The molecule has 28 heavy (non-hydrogen) atoms. The van der Waals surface area contributed by atoms with Crippen LogP contribution >= 0.6 is 0 Å². The van der Waals surface area contributed by atoms with Crippen LogP contribution in [0.1, 0.15) is 63.8 Å². The van der Waals surface area contributed by atoms with Gasteiger partial charge in [-0.2, -0.15) is 0 Å². The van der Waals surface area contributed by atoms with Crippen molar-refractivity contribution in [3.63, 3.8) is 0 Å². The van der Waals surface area contributed by atoms with Gasteiger partial charge in [0.05, 0.1) is 13.1 Å². The molecule has 0 aliphatic carbocycles. The molecule has 0 saturated heterocycles. The first kappa shape index (κ1) is 21.7. The Morgan fingerprint density at radius 3 is 1.36 bits per heavy atom. The Kier molecular flexibility index (Phi) is 6.65. The lowest BCUT2D eigenvalue weighted by Gasteiger charge is -2.21. The smallest absolute Gasteiger partial charge is 0.128 e. The summed E-state index contributed by atoms with van der Waals surface area (Å²) in [6.45, 7) is 13.4. The van der Waals surface area contributed by atoms with Crippen LogP contribution in [0.4, 0.5) is 0 Å². The van der Waals surface area contributed by atoms with E-state index in [2.05, 4.69) is 51.5 Å². The molecule has 0 aliphatic rings. The summed E-state index contributed by atoms with van der Waals surface area (Å²) in [4.78, 5) is 8.75. The number of rotatable bonds is 5.